The van der Waals surface area contributed by atoms with Gasteiger partial charge in [-0.05, 0) is 0 Å². The van der Waals surface area contributed by atoms with Crippen LogP contribution in [0.5, 0.6) is 51.7 Å². The minimum atomic E-state index is -4.54. The van der Waals surface area contributed by atoms with Crippen LogP contribution in [0.25, 0.3) is 0 Å². The van der Waals surface area contributed by atoms with E-state index in [1.165, 1.54) is 64.0 Å². The molecule has 0 saturated carbocycles. The van der Waals surface area contributed by atoms with E-state index in [9.17, 15) is 0 Å². The SMILES string of the molecule is COc1cc(OC)c([Si]([O-])(c2c(OC)cc(OC)cc2OC)c2c(OC)cc(OC)cc2OC)c(OC)c1.[Cl-].[Mg+2]. The maximum atomic E-state index is 16.1. The molecule has 0 heterocycles. The van der Waals surface area contributed by atoms with E-state index >= 15 is 4.80 Å². The molecule has 0 fully saturated rings. The quantitative estimate of drug-likeness (QED) is 0.166. The van der Waals surface area contributed by atoms with Crippen LogP contribution in [0.2, 0.25) is 0 Å². The van der Waals surface area contributed by atoms with Gasteiger partial charge >= 0.3 is 23.1 Å². The van der Waals surface area contributed by atoms with Gasteiger partial charge in [-0.15, -0.1) is 0 Å². The smallest absolute Gasteiger partial charge is 1.00 e. The van der Waals surface area contributed by atoms with Crippen molar-refractivity contribution in [1.29, 1.82) is 0 Å². The van der Waals surface area contributed by atoms with Gasteiger partial charge < -0.3 is 59.8 Å². The van der Waals surface area contributed by atoms with Crippen LogP contribution in [0.15, 0.2) is 36.4 Å². The Morgan fingerprint density at radius 3 is 0.700 bits per heavy atom. The molecule has 0 aromatic heterocycles. The molecule has 214 valence electrons. The molecule has 0 bridgehead atoms. The number of methoxy groups -OCH3 is 9. The van der Waals surface area contributed by atoms with Crippen molar-refractivity contribution in [1.82, 2.24) is 0 Å². The molecule has 0 saturated heterocycles. The topological polar surface area (TPSA) is 106 Å². The maximum absolute atomic E-state index is 16.1. The minimum Gasteiger partial charge on any atom is -1.00 e. The number of ether oxygens (including phenoxy) is 9. The first-order valence-electron chi connectivity index (χ1n) is 11.4. The van der Waals surface area contributed by atoms with Crippen LogP contribution < -0.4 is 75.4 Å². The van der Waals surface area contributed by atoms with Crippen molar-refractivity contribution in [3.63, 3.8) is 0 Å². The summed E-state index contributed by atoms with van der Waals surface area (Å²) in [5.41, 5.74) is 0. The first kappa shape index (κ1) is 35.1. The van der Waals surface area contributed by atoms with E-state index < -0.39 is 8.32 Å². The zero-order valence-electron chi connectivity index (χ0n) is 24.1. The third-order valence-corrected chi connectivity index (χ3v) is 9.79. The van der Waals surface area contributed by atoms with Crippen LogP contribution in [-0.2, 0) is 0 Å². The Kier molecular flexibility index (Phi) is 13.3. The fourth-order valence-corrected chi connectivity index (χ4v) is 8.31. The van der Waals surface area contributed by atoms with Crippen molar-refractivity contribution in [2.24, 2.45) is 0 Å². The van der Waals surface area contributed by atoms with E-state index in [0.717, 1.165) is 0 Å². The van der Waals surface area contributed by atoms with Gasteiger partial charge in [0.2, 0.25) is 0 Å². The largest absolute Gasteiger partial charge is 2.00 e. The van der Waals surface area contributed by atoms with E-state index in [-0.39, 0.29) is 85.5 Å². The van der Waals surface area contributed by atoms with E-state index in [0.29, 0.717) is 17.2 Å². The first-order valence-corrected chi connectivity index (χ1v) is 13.3. The summed E-state index contributed by atoms with van der Waals surface area (Å²) in [6.45, 7) is 0. The third kappa shape index (κ3) is 6.20. The average Bonchev–Trinajstić information content (AvgIpc) is 2.97. The molecule has 3 aromatic carbocycles. The Hall–Kier alpha value is -2.91. The monoisotopic (exact) mass is 604 g/mol. The molecule has 3 aromatic rings. The van der Waals surface area contributed by atoms with Crippen LogP contribution >= 0.6 is 0 Å². The molecule has 0 unspecified atom stereocenters. The zero-order chi connectivity index (χ0) is 28.0. The molecule has 0 aliphatic heterocycles. The Labute approximate surface area is 258 Å². The summed E-state index contributed by atoms with van der Waals surface area (Å²) >= 11 is 0. The van der Waals surface area contributed by atoms with Gasteiger partial charge in [-0.3, -0.25) is 0 Å². The van der Waals surface area contributed by atoms with Gasteiger partial charge in [-0.2, -0.15) is 0 Å². The molecule has 0 spiro atoms. The third-order valence-electron chi connectivity index (χ3n) is 6.20. The minimum absolute atomic E-state index is 0. The Bertz CT molecular complexity index is 1060. The number of benzene rings is 3. The van der Waals surface area contributed by atoms with Crippen molar-refractivity contribution in [3.8, 4) is 51.7 Å². The molecule has 13 heteroatoms. The summed E-state index contributed by atoms with van der Waals surface area (Å²) in [5, 5.41) is 0.727. The van der Waals surface area contributed by atoms with Gasteiger partial charge in [0.25, 0.3) is 0 Å². The number of hydrogen-bond donors (Lipinski definition) is 0. The second-order valence-corrected chi connectivity index (χ2v) is 10.8. The van der Waals surface area contributed by atoms with Crippen LogP contribution in [0.3, 0.4) is 0 Å². The van der Waals surface area contributed by atoms with Crippen molar-refractivity contribution in [3.05, 3.63) is 36.4 Å². The Balaban J connectivity index is 0.00000400. The Morgan fingerprint density at radius 2 is 0.575 bits per heavy atom. The summed E-state index contributed by atoms with van der Waals surface area (Å²) < 4.78 is 50.9. The predicted octanol–water partition coefficient (Wildman–Crippen LogP) is -2.29. The van der Waals surface area contributed by atoms with Crippen LogP contribution in [0, 0.1) is 0 Å². The summed E-state index contributed by atoms with van der Waals surface area (Å²) in [5.74, 6) is 2.85. The van der Waals surface area contributed by atoms with Gasteiger partial charge in [0.05, 0.1) is 72.3 Å². The van der Waals surface area contributed by atoms with Gasteiger partial charge in [0.15, 0.2) is 0 Å². The molecular formula is C27H33ClMgO10Si. The molecule has 0 radical (unpaired) electrons. The molecular weight excluding hydrogens is 572 g/mol. The van der Waals surface area contributed by atoms with Gasteiger partial charge in [-0.1, -0.05) is 0 Å². The summed E-state index contributed by atoms with van der Waals surface area (Å²) in [7, 11) is 8.82. The predicted molar refractivity (Wildman–Crippen MR) is 149 cm³/mol. The zero-order valence-corrected chi connectivity index (χ0v) is 27.3. The van der Waals surface area contributed by atoms with Crippen LogP contribution in [0.4, 0.5) is 0 Å². The van der Waals surface area contributed by atoms with Crippen molar-refractivity contribution >= 4 is 46.9 Å². The van der Waals surface area contributed by atoms with E-state index in [2.05, 4.69) is 0 Å². The molecule has 0 atom stereocenters. The molecule has 0 N–H and O–H groups in total. The summed E-state index contributed by atoms with van der Waals surface area (Å²) in [4.78, 5) is 16.1. The molecule has 3 rings (SSSR count). The number of rotatable bonds is 12. The number of hydrogen-bond acceptors (Lipinski definition) is 10. The molecule has 0 aliphatic rings. The fourth-order valence-electron chi connectivity index (χ4n) is 4.43. The molecule has 10 nitrogen and oxygen atoms in total. The number of halogens is 1. The summed E-state index contributed by atoms with van der Waals surface area (Å²) in [6, 6.07) is 9.76. The van der Waals surface area contributed by atoms with Crippen molar-refractivity contribution in [2.75, 3.05) is 64.0 Å². The van der Waals surface area contributed by atoms with Gasteiger partial charge in [0.1, 0.15) is 51.7 Å². The molecule has 40 heavy (non-hydrogen) atoms. The van der Waals surface area contributed by atoms with Gasteiger partial charge in [-0.25, -0.2) is 0 Å². The normalized spacial score (nSPS) is 10.3. The van der Waals surface area contributed by atoms with E-state index in [1.54, 1.807) is 36.4 Å². The Morgan fingerprint density at radius 1 is 0.400 bits per heavy atom. The maximum Gasteiger partial charge on any atom is 2.00 e. The second kappa shape index (κ2) is 15.2. The van der Waals surface area contributed by atoms with Gasteiger partial charge in [0, 0.05) is 52.0 Å². The molecule has 0 amide bonds. The first-order chi connectivity index (χ1) is 18.3. The van der Waals surface area contributed by atoms with Crippen LogP contribution in [0.1, 0.15) is 0 Å². The fraction of sp³-hybridized carbons (Fsp3) is 0.333. The van der Waals surface area contributed by atoms with E-state index in [1.807, 2.05) is 0 Å². The van der Waals surface area contributed by atoms with Crippen molar-refractivity contribution in [2.45, 2.75) is 0 Å². The standard InChI is InChI=1S/C27H33O10Si.ClH.Mg/c1-29-16-10-19(32-4)25(20(11-16)33-5)38(28,26-21(34-6)12-17(30-2)13-22(26)35-7)27-23(36-8)14-18(31-3)15-24(27)37-9;;/h10-15H,1-9H3;1H;/q-1;;+2/p-1. The van der Waals surface area contributed by atoms with E-state index in [4.69, 9.17) is 42.6 Å². The van der Waals surface area contributed by atoms with Crippen molar-refractivity contribution < 1.29 is 59.8 Å². The van der Waals surface area contributed by atoms with Crippen LogP contribution in [-0.4, -0.2) is 95.4 Å². The second-order valence-electron chi connectivity index (χ2n) is 7.90. The molecule has 0 aliphatic carbocycles. The summed E-state index contributed by atoms with van der Waals surface area (Å²) in [6.07, 6.45) is 0. The average molecular weight is 605 g/mol.